The molecule has 1 saturated heterocycles. The summed E-state index contributed by atoms with van der Waals surface area (Å²) >= 11 is 3.20. The van der Waals surface area contributed by atoms with Crippen LogP contribution in [0.3, 0.4) is 0 Å². The van der Waals surface area contributed by atoms with Crippen molar-refractivity contribution in [3.63, 3.8) is 0 Å². The highest BCUT2D eigenvalue weighted by molar-refractivity contribution is 9.10. The Bertz CT molecular complexity index is 427. The maximum atomic E-state index is 12.1. The second kappa shape index (κ2) is 6.54. The summed E-state index contributed by atoms with van der Waals surface area (Å²) in [4.78, 5) is 16.1. The van der Waals surface area contributed by atoms with Gasteiger partial charge in [0.15, 0.2) is 10.4 Å². The number of nitrogens with zero attached hydrogens (tertiary/aromatic N) is 2. The van der Waals surface area contributed by atoms with Crippen LogP contribution in [0.2, 0.25) is 0 Å². The molecule has 0 saturated carbocycles. The molecule has 1 aromatic heterocycles. The van der Waals surface area contributed by atoms with Gasteiger partial charge in [0.25, 0.3) is 5.91 Å². The Morgan fingerprint density at radius 3 is 2.63 bits per heavy atom. The van der Waals surface area contributed by atoms with Gasteiger partial charge in [-0.05, 0) is 34.5 Å². The quantitative estimate of drug-likeness (QED) is 0.910. The fourth-order valence-corrected chi connectivity index (χ4v) is 2.45. The third-order valence-corrected chi connectivity index (χ3v) is 3.81. The number of halogens is 1. The van der Waals surface area contributed by atoms with E-state index in [1.807, 2.05) is 6.92 Å². The summed E-state index contributed by atoms with van der Waals surface area (Å²) < 4.78 is 5.85. The van der Waals surface area contributed by atoms with Crippen molar-refractivity contribution in [2.45, 2.75) is 19.4 Å². The largest absolute Gasteiger partial charge is 0.444 e. The number of β-amino-alcohol motifs (C(OH)–C–C–N with tert-alkyl or cyclic N) is 1. The van der Waals surface area contributed by atoms with E-state index in [9.17, 15) is 9.90 Å². The van der Waals surface area contributed by atoms with E-state index in [2.05, 4.69) is 20.8 Å². The van der Waals surface area contributed by atoms with Gasteiger partial charge >= 0.3 is 0 Å². The summed E-state index contributed by atoms with van der Waals surface area (Å²) in [6, 6.07) is 3.40. The lowest BCUT2D eigenvalue weighted by Gasteiger charge is -2.35. The van der Waals surface area contributed by atoms with E-state index < -0.39 is 0 Å². The van der Waals surface area contributed by atoms with E-state index in [1.165, 1.54) is 0 Å². The molecule has 2 heterocycles. The van der Waals surface area contributed by atoms with Gasteiger partial charge in [-0.3, -0.25) is 9.69 Å². The van der Waals surface area contributed by atoms with Crippen LogP contribution in [0.4, 0.5) is 0 Å². The zero-order valence-electron chi connectivity index (χ0n) is 11.0. The average Bonchev–Trinajstić information content (AvgIpc) is 2.85. The molecule has 1 atom stereocenters. The van der Waals surface area contributed by atoms with E-state index in [4.69, 9.17) is 4.42 Å². The van der Waals surface area contributed by atoms with Gasteiger partial charge in [0.1, 0.15) is 0 Å². The number of carbonyl (C=O) groups excluding carboxylic acids is 1. The molecule has 0 aromatic carbocycles. The molecule has 6 heteroatoms. The van der Waals surface area contributed by atoms with Crippen molar-refractivity contribution in [1.82, 2.24) is 9.80 Å². The molecule has 2 rings (SSSR count). The van der Waals surface area contributed by atoms with Gasteiger partial charge in [0.2, 0.25) is 0 Å². The Balaban J connectivity index is 1.84. The molecular formula is C13H19BrN2O3. The molecular weight excluding hydrogens is 312 g/mol. The van der Waals surface area contributed by atoms with Gasteiger partial charge in [-0.15, -0.1) is 0 Å². The fraction of sp³-hybridized carbons (Fsp3) is 0.615. The summed E-state index contributed by atoms with van der Waals surface area (Å²) in [6.45, 7) is 5.60. The number of hydrogen-bond donors (Lipinski definition) is 1. The van der Waals surface area contributed by atoms with Gasteiger partial charge in [-0.1, -0.05) is 6.92 Å². The second-order valence-electron chi connectivity index (χ2n) is 4.76. The lowest BCUT2D eigenvalue weighted by molar-refractivity contribution is 0.0499. The normalized spacial score (nSPS) is 18.6. The van der Waals surface area contributed by atoms with Gasteiger partial charge in [0.05, 0.1) is 6.10 Å². The van der Waals surface area contributed by atoms with Crippen LogP contribution in [0.15, 0.2) is 21.2 Å². The predicted octanol–water partition coefficient (Wildman–Crippen LogP) is 1.57. The first-order valence-corrected chi connectivity index (χ1v) is 7.34. The van der Waals surface area contributed by atoms with Crippen molar-refractivity contribution < 1.29 is 14.3 Å². The zero-order chi connectivity index (χ0) is 13.8. The maximum Gasteiger partial charge on any atom is 0.289 e. The fourth-order valence-electron chi connectivity index (χ4n) is 2.15. The summed E-state index contributed by atoms with van der Waals surface area (Å²) in [5.41, 5.74) is 0. The Morgan fingerprint density at radius 2 is 2.11 bits per heavy atom. The zero-order valence-corrected chi connectivity index (χ0v) is 12.6. The van der Waals surface area contributed by atoms with Crippen LogP contribution < -0.4 is 0 Å². The van der Waals surface area contributed by atoms with Crippen molar-refractivity contribution in [2.24, 2.45) is 0 Å². The number of piperazine rings is 1. The summed E-state index contributed by atoms with van der Waals surface area (Å²) in [5.74, 6) is 0.301. The number of furan rings is 1. The minimum atomic E-state index is -0.275. The molecule has 1 fully saturated rings. The number of hydrogen-bond acceptors (Lipinski definition) is 4. The Hall–Kier alpha value is -0.850. The molecule has 1 aliphatic heterocycles. The highest BCUT2D eigenvalue weighted by atomic mass is 79.9. The first-order chi connectivity index (χ1) is 9.10. The molecule has 106 valence electrons. The Labute approximate surface area is 121 Å². The molecule has 5 nitrogen and oxygen atoms in total. The monoisotopic (exact) mass is 330 g/mol. The summed E-state index contributed by atoms with van der Waals surface area (Å²) in [5, 5.41) is 9.62. The van der Waals surface area contributed by atoms with Crippen molar-refractivity contribution in [1.29, 1.82) is 0 Å². The molecule has 0 bridgehead atoms. The highest BCUT2D eigenvalue weighted by Crippen LogP contribution is 2.16. The molecule has 19 heavy (non-hydrogen) atoms. The minimum Gasteiger partial charge on any atom is -0.444 e. The van der Waals surface area contributed by atoms with Crippen molar-refractivity contribution in [3.05, 3.63) is 22.6 Å². The smallest absolute Gasteiger partial charge is 0.289 e. The first kappa shape index (κ1) is 14.6. The Morgan fingerprint density at radius 1 is 1.42 bits per heavy atom. The van der Waals surface area contributed by atoms with Crippen LogP contribution in [0, 0.1) is 0 Å². The third-order valence-electron chi connectivity index (χ3n) is 3.38. The number of aliphatic hydroxyl groups is 1. The standard InChI is InChI=1S/C13H19BrN2O3/c1-2-10(17)9-15-5-7-16(8-6-15)13(18)11-3-4-12(14)19-11/h3-4,10,17H,2,5-9H2,1H3. The van der Waals surface area contributed by atoms with Crippen molar-refractivity contribution >= 4 is 21.8 Å². The molecule has 0 spiro atoms. The molecule has 1 aliphatic rings. The van der Waals surface area contributed by atoms with Crippen LogP contribution in [0.25, 0.3) is 0 Å². The molecule has 1 aromatic rings. The van der Waals surface area contributed by atoms with E-state index in [1.54, 1.807) is 17.0 Å². The van der Waals surface area contributed by atoms with Crippen LogP contribution in [0.1, 0.15) is 23.9 Å². The van der Waals surface area contributed by atoms with Crippen LogP contribution in [0.5, 0.6) is 0 Å². The van der Waals surface area contributed by atoms with E-state index in [-0.39, 0.29) is 12.0 Å². The van der Waals surface area contributed by atoms with E-state index >= 15 is 0 Å². The van der Waals surface area contributed by atoms with Crippen LogP contribution >= 0.6 is 15.9 Å². The maximum absolute atomic E-state index is 12.1. The molecule has 1 amide bonds. The predicted molar refractivity (Wildman–Crippen MR) is 75.0 cm³/mol. The third kappa shape index (κ3) is 3.81. The van der Waals surface area contributed by atoms with Gasteiger partial charge < -0.3 is 14.4 Å². The number of aliphatic hydroxyl groups excluding tert-OH is 1. The van der Waals surface area contributed by atoms with Gasteiger partial charge in [-0.2, -0.15) is 0 Å². The second-order valence-corrected chi connectivity index (χ2v) is 5.54. The highest BCUT2D eigenvalue weighted by Gasteiger charge is 2.24. The molecule has 1 N–H and O–H groups in total. The van der Waals surface area contributed by atoms with Crippen molar-refractivity contribution in [2.75, 3.05) is 32.7 Å². The lowest BCUT2D eigenvalue weighted by Crippen LogP contribution is -2.50. The summed E-state index contributed by atoms with van der Waals surface area (Å²) in [7, 11) is 0. The van der Waals surface area contributed by atoms with Gasteiger partial charge in [0, 0.05) is 32.7 Å². The average molecular weight is 331 g/mol. The molecule has 0 aliphatic carbocycles. The van der Waals surface area contributed by atoms with E-state index in [0.717, 1.165) is 19.5 Å². The van der Waals surface area contributed by atoms with Gasteiger partial charge in [-0.25, -0.2) is 0 Å². The SMILES string of the molecule is CCC(O)CN1CCN(C(=O)c2ccc(Br)o2)CC1. The first-order valence-electron chi connectivity index (χ1n) is 6.55. The van der Waals surface area contributed by atoms with Crippen molar-refractivity contribution in [3.8, 4) is 0 Å². The number of amides is 1. The summed E-state index contributed by atoms with van der Waals surface area (Å²) in [6.07, 6.45) is 0.489. The topological polar surface area (TPSA) is 56.9 Å². The number of carbonyl (C=O) groups is 1. The Kier molecular flexibility index (Phi) is 5.01. The van der Waals surface area contributed by atoms with Crippen LogP contribution in [-0.2, 0) is 0 Å². The van der Waals surface area contributed by atoms with Crippen LogP contribution in [-0.4, -0.2) is 59.6 Å². The minimum absolute atomic E-state index is 0.0682. The lowest BCUT2D eigenvalue weighted by atomic mass is 10.2. The van der Waals surface area contributed by atoms with E-state index in [0.29, 0.717) is 30.1 Å². The molecule has 0 radical (unpaired) electrons. The number of rotatable bonds is 4. The molecule has 1 unspecified atom stereocenters.